The summed E-state index contributed by atoms with van der Waals surface area (Å²) in [5.41, 5.74) is 6.53. The number of nitrogens with two attached hydrogens (primary N) is 1. The molecule has 3 atom stereocenters. The van der Waals surface area contributed by atoms with Crippen molar-refractivity contribution in [2.45, 2.75) is 26.2 Å². The van der Waals surface area contributed by atoms with Gasteiger partial charge in [0.2, 0.25) is 5.91 Å². The van der Waals surface area contributed by atoms with Gasteiger partial charge in [0.1, 0.15) is 5.92 Å². The zero-order chi connectivity index (χ0) is 15.4. The number of hydrogen-bond donors (Lipinski definition) is 2. The summed E-state index contributed by atoms with van der Waals surface area (Å²) in [5, 5.41) is 12.1. The van der Waals surface area contributed by atoms with Crippen molar-refractivity contribution in [3.63, 3.8) is 0 Å². The molecule has 1 heterocycles. The van der Waals surface area contributed by atoms with Gasteiger partial charge in [-0.3, -0.25) is 4.79 Å². The maximum absolute atomic E-state index is 12.8. The highest BCUT2D eigenvalue weighted by Crippen LogP contribution is 2.25. The van der Waals surface area contributed by atoms with Gasteiger partial charge in [0.05, 0.1) is 0 Å². The maximum atomic E-state index is 12.8. The molecule has 0 radical (unpaired) electrons. The summed E-state index contributed by atoms with van der Waals surface area (Å²) in [6.45, 7) is 5.75. The zero-order valence-electron chi connectivity index (χ0n) is 12.6. The highest BCUT2D eigenvalue weighted by Gasteiger charge is 2.33. The molecule has 0 aromatic heterocycles. The highest BCUT2D eigenvalue weighted by atomic mass is 16.4. The molecule has 21 heavy (non-hydrogen) atoms. The molecule has 1 aliphatic heterocycles. The number of rotatable bonds is 3. The Hall–Kier alpha value is -2.04. The van der Waals surface area contributed by atoms with Crippen LogP contribution < -0.4 is 5.73 Å². The summed E-state index contributed by atoms with van der Waals surface area (Å²) in [4.78, 5) is 14.7. The van der Waals surface area contributed by atoms with E-state index in [2.05, 4.69) is 19.0 Å². The molecule has 1 saturated heterocycles. The van der Waals surface area contributed by atoms with Gasteiger partial charge >= 0.3 is 0 Å². The summed E-state index contributed by atoms with van der Waals surface area (Å²) >= 11 is 0. The first-order valence-corrected chi connectivity index (χ1v) is 7.34. The summed E-state index contributed by atoms with van der Waals surface area (Å²) in [7, 11) is 0. The van der Waals surface area contributed by atoms with Crippen molar-refractivity contribution < 1.29 is 10.0 Å². The Morgan fingerprint density at radius 1 is 1.29 bits per heavy atom. The molecule has 1 aromatic carbocycles. The van der Waals surface area contributed by atoms with Crippen molar-refractivity contribution in [1.29, 1.82) is 0 Å². The molecule has 1 amide bonds. The predicted octanol–water partition coefficient (Wildman–Crippen LogP) is 2.02. The van der Waals surface area contributed by atoms with Crippen LogP contribution in [0.4, 0.5) is 0 Å². The lowest BCUT2D eigenvalue weighted by atomic mass is 9.89. The molecular formula is C16H23N3O2. The molecule has 0 bridgehead atoms. The fourth-order valence-corrected chi connectivity index (χ4v) is 3.17. The lowest BCUT2D eigenvalue weighted by Gasteiger charge is -2.36. The number of nitrogens with zero attached hydrogens (tertiary/aromatic N) is 2. The number of amidine groups is 1. The topological polar surface area (TPSA) is 78.9 Å². The van der Waals surface area contributed by atoms with Gasteiger partial charge in [-0.05, 0) is 23.8 Å². The Bertz CT molecular complexity index is 506. The van der Waals surface area contributed by atoms with E-state index in [1.54, 1.807) is 0 Å². The third-order valence-corrected chi connectivity index (χ3v) is 3.97. The summed E-state index contributed by atoms with van der Waals surface area (Å²) < 4.78 is 0. The van der Waals surface area contributed by atoms with E-state index >= 15 is 0 Å². The molecule has 3 N–H and O–H groups in total. The summed E-state index contributed by atoms with van der Waals surface area (Å²) in [6.07, 6.45) is 1.13. The van der Waals surface area contributed by atoms with Gasteiger partial charge in [-0.15, -0.1) is 0 Å². The molecule has 1 fully saturated rings. The van der Waals surface area contributed by atoms with E-state index in [-0.39, 0.29) is 11.7 Å². The van der Waals surface area contributed by atoms with Crippen LogP contribution in [0.25, 0.3) is 0 Å². The number of hydrogen-bond acceptors (Lipinski definition) is 3. The number of carbonyl (C=O) groups excluding carboxylic acids is 1. The smallest absolute Gasteiger partial charge is 0.237 e. The fourth-order valence-electron chi connectivity index (χ4n) is 3.17. The third kappa shape index (κ3) is 3.54. The van der Waals surface area contributed by atoms with E-state index < -0.39 is 5.92 Å². The number of amides is 1. The van der Waals surface area contributed by atoms with Crippen molar-refractivity contribution in [1.82, 2.24) is 4.90 Å². The minimum absolute atomic E-state index is 0.0583. The number of carbonyl (C=O) groups is 1. The number of oxime groups is 1. The summed E-state index contributed by atoms with van der Waals surface area (Å²) in [5.74, 6) is 0.0866. The third-order valence-electron chi connectivity index (χ3n) is 3.97. The Balaban J connectivity index is 2.27. The number of benzene rings is 1. The van der Waals surface area contributed by atoms with E-state index in [0.29, 0.717) is 11.8 Å². The molecule has 0 spiro atoms. The van der Waals surface area contributed by atoms with Crippen LogP contribution in [0.3, 0.4) is 0 Å². The molecule has 114 valence electrons. The van der Waals surface area contributed by atoms with Crippen LogP contribution in [0, 0.1) is 11.8 Å². The van der Waals surface area contributed by atoms with Gasteiger partial charge < -0.3 is 15.8 Å². The maximum Gasteiger partial charge on any atom is 0.237 e. The van der Waals surface area contributed by atoms with Crippen molar-refractivity contribution in [3.05, 3.63) is 35.9 Å². The normalized spacial score (nSPS) is 24.7. The van der Waals surface area contributed by atoms with E-state index in [9.17, 15) is 4.79 Å². The average molecular weight is 289 g/mol. The highest BCUT2D eigenvalue weighted by molar-refractivity contribution is 6.07. The molecule has 1 aliphatic rings. The van der Waals surface area contributed by atoms with Crippen LogP contribution in [0.2, 0.25) is 0 Å². The molecule has 2 rings (SSSR count). The number of piperidine rings is 1. The van der Waals surface area contributed by atoms with Crippen LogP contribution in [0.1, 0.15) is 31.7 Å². The first-order chi connectivity index (χ1) is 10.0. The van der Waals surface area contributed by atoms with Crippen LogP contribution in [0.5, 0.6) is 0 Å². The largest absolute Gasteiger partial charge is 0.409 e. The lowest BCUT2D eigenvalue weighted by molar-refractivity contribution is -0.134. The molecule has 5 heteroatoms. The Kier molecular flexibility index (Phi) is 4.83. The van der Waals surface area contributed by atoms with E-state index in [1.165, 1.54) is 0 Å². The van der Waals surface area contributed by atoms with Crippen molar-refractivity contribution in [3.8, 4) is 0 Å². The predicted molar refractivity (Wildman–Crippen MR) is 82.1 cm³/mol. The van der Waals surface area contributed by atoms with Crippen molar-refractivity contribution in [2.75, 3.05) is 13.1 Å². The minimum Gasteiger partial charge on any atom is -0.409 e. The second kappa shape index (κ2) is 6.61. The summed E-state index contributed by atoms with van der Waals surface area (Å²) in [6, 6.07) is 9.24. The van der Waals surface area contributed by atoms with Gasteiger partial charge in [0.15, 0.2) is 5.84 Å². The first-order valence-electron chi connectivity index (χ1n) is 7.34. The minimum atomic E-state index is -0.714. The van der Waals surface area contributed by atoms with Gasteiger partial charge in [0.25, 0.3) is 0 Å². The fraction of sp³-hybridized carbons (Fsp3) is 0.500. The average Bonchev–Trinajstić information content (AvgIpc) is 2.47. The Morgan fingerprint density at radius 2 is 1.86 bits per heavy atom. The van der Waals surface area contributed by atoms with E-state index in [0.717, 1.165) is 25.1 Å². The van der Waals surface area contributed by atoms with E-state index in [1.807, 2.05) is 35.2 Å². The molecule has 0 aliphatic carbocycles. The van der Waals surface area contributed by atoms with Gasteiger partial charge in [-0.25, -0.2) is 0 Å². The van der Waals surface area contributed by atoms with Gasteiger partial charge in [0, 0.05) is 13.1 Å². The van der Waals surface area contributed by atoms with Gasteiger partial charge in [-0.2, -0.15) is 0 Å². The number of likely N-dealkylation sites (tertiary alicyclic amines) is 1. The molecule has 5 nitrogen and oxygen atoms in total. The Labute approximate surface area is 125 Å². The first kappa shape index (κ1) is 15.4. The SMILES string of the molecule is CC1CC(C)CN(C(=O)C(C(N)=NO)c2ccccc2)C1. The van der Waals surface area contributed by atoms with Crippen LogP contribution in [-0.2, 0) is 4.79 Å². The molecule has 1 aromatic rings. The quantitative estimate of drug-likeness (QED) is 0.387. The standard InChI is InChI=1S/C16H23N3O2/c1-11-8-12(2)10-19(9-11)16(20)14(15(17)18-21)13-6-4-3-5-7-13/h3-7,11-12,14,21H,8-10H2,1-2H3,(H2,17,18). The van der Waals surface area contributed by atoms with Crippen LogP contribution in [0.15, 0.2) is 35.5 Å². The molecular weight excluding hydrogens is 266 g/mol. The molecule has 3 unspecified atom stereocenters. The van der Waals surface area contributed by atoms with Crippen molar-refractivity contribution >= 4 is 11.7 Å². The zero-order valence-corrected chi connectivity index (χ0v) is 12.6. The van der Waals surface area contributed by atoms with Crippen LogP contribution >= 0.6 is 0 Å². The monoisotopic (exact) mass is 289 g/mol. The van der Waals surface area contributed by atoms with Crippen molar-refractivity contribution in [2.24, 2.45) is 22.7 Å². The van der Waals surface area contributed by atoms with E-state index in [4.69, 9.17) is 10.9 Å². The molecule has 0 saturated carbocycles. The van der Waals surface area contributed by atoms with Crippen LogP contribution in [-0.4, -0.2) is 34.9 Å². The second-order valence-electron chi connectivity index (χ2n) is 6.06. The lowest BCUT2D eigenvalue weighted by Crippen LogP contribution is -2.47. The second-order valence-corrected chi connectivity index (χ2v) is 6.06. The Morgan fingerprint density at radius 3 is 2.38 bits per heavy atom. The van der Waals surface area contributed by atoms with Gasteiger partial charge in [-0.1, -0.05) is 49.3 Å².